The molecule has 318 valence electrons. The lowest BCUT2D eigenvalue weighted by molar-refractivity contribution is 0.661. The van der Waals surface area contributed by atoms with Crippen LogP contribution in [0.3, 0.4) is 0 Å². The van der Waals surface area contributed by atoms with E-state index in [-0.39, 0.29) is 5.41 Å². The minimum Gasteiger partial charge on any atom is -0.311 e. The van der Waals surface area contributed by atoms with E-state index in [0.29, 0.717) is 0 Å². The normalized spacial score (nSPS) is 12.5. The largest absolute Gasteiger partial charge is 0.311 e. The lowest BCUT2D eigenvalue weighted by Gasteiger charge is -2.32. The molecular formula is C64H52N2. The summed E-state index contributed by atoms with van der Waals surface area (Å²) in [4.78, 5) is 4.76. The van der Waals surface area contributed by atoms with Crippen molar-refractivity contribution < 1.29 is 0 Å². The van der Waals surface area contributed by atoms with Gasteiger partial charge in [0.1, 0.15) is 0 Å². The smallest absolute Gasteiger partial charge is 0.0508 e. The van der Waals surface area contributed by atoms with Crippen molar-refractivity contribution in [2.24, 2.45) is 0 Å². The average molecular weight is 849 g/mol. The monoisotopic (exact) mass is 848 g/mol. The Kier molecular flexibility index (Phi) is 11.5. The molecule has 0 N–H and O–H groups in total. The minimum atomic E-state index is -0.176. The van der Waals surface area contributed by atoms with Crippen LogP contribution >= 0.6 is 0 Å². The molecule has 0 aromatic heterocycles. The van der Waals surface area contributed by atoms with Crippen LogP contribution in [0, 0.1) is 0 Å². The third-order valence-corrected chi connectivity index (χ3v) is 12.9. The van der Waals surface area contributed by atoms with Crippen LogP contribution in [0.5, 0.6) is 0 Å². The summed E-state index contributed by atoms with van der Waals surface area (Å²) >= 11 is 0. The van der Waals surface area contributed by atoms with E-state index in [1.54, 1.807) is 0 Å². The number of allylic oxidation sites excluding steroid dienone is 5. The van der Waals surface area contributed by atoms with Gasteiger partial charge in [-0.25, -0.2) is 0 Å². The summed E-state index contributed by atoms with van der Waals surface area (Å²) in [6.45, 7) is 11.1. The molecule has 0 radical (unpaired) electrons. The molecule has 0 saturated carbocycles. The van der Waals surface area contributed by atoms with Gasteiger partial charge in [-0.05, 0) is 140 Å². The van der Waals surface area contributed by atoms with Crippen molar-refractivity contribution in [1.29, 1.82) is 0 Å². The summed E-state index contributed by atoms with van der Waals surface area (Å²) in [5, 5.41) is 0. The Bertz CT molecular complexity index is 3180. The highest BCUT2D eigenvalue weighted by molar-refractivity contribution is 5.91. The molecule has 0 saturated heterocycles. The summed E-state index contributed by atoms with van der Waals surface area (Å²) in [6, 6.07) is 81.3. The van der Waals surface area contributed by atoms with E-state index in [2.05, 4.69) is 261 Å². The van der Waals surface area contributed by atoms with Crippen LogP contribution in [0.15, 0.2) is 255 Å². The van der Waals surface area contributed by atoms with E-state index in [0.717, 1.165) is 50.7 Å². The van der Waals surface area contributed by atoms with Gasteiger partial charge in [-0.2, -0.15) is 0 Å². The summed E-state index contributed by atoms with van der Waals surface area (Å²) in [5.41, 5.74) is 21.0. The first-order valence-corrected chi connectivity index (χ1v) is 22.8. The van der Waals surface area contributed by atoms with Crippen LogP contribution in [0.1, 0.15) is 37.5 Å². The Labute approximate surface area is 390 Å². The third-order valence-electron chi connectivity index (χ3n) is 12.9. The highest BCUT2D eigenvalue weighted by atomic mass is 15.1. The quantitative estimate of drug-likeness (QED) is 0.113. The molecule has 1 aliphatic rings. The summed E-state index contributed by atoms with van der Waals surface area (Å²) in [7, 11) is 0. The van der Waals surface area contributed by atoms with Crippen molar-refractivity contribution in [3.63, 3.8) is 0 Å². The van der Waals surface area contributed by atoms with E-state index < -0.39 is 0 Å². The molecule has 0 aliphatic heterocycles. The first kappa shape index (κ1) is 41.8. The van der Waals surface area contributed by atoms with E-state index in [1.165, 1.54) is 50.2 Å². The molecule has 0 amide bonds. The van der Waals surface area contributed by atoms with Gasteiger partial charge in [-0.1, -0.05) is 202 Å². The average Bonchev–Trinajstić information content (AvgIpc) is 3.62. The van der Waals surface area contributed by atoms with Gasteiger partial charge >= 0.3 is 0 Å². The SMILES string of the molecule is C=C(/C=C\C=C/C)c1ccc(N(c2ccc(-c3ccccc3)cc2)c2ccc(-c3ccc(N(c4ccc(-c5ccccc5)cc4)c4cccc5c4C(C)(C)c4ccccc4-5)cc3)cc2)cc1. The van der Waals surface area contributed by atoms with Gasteiger partial charge in [0.25, 0.3) is 0 Å². The fraction of sp³-hybridized carbons (Fsp3) is 0.0625. The summed E-state index contributed by atoms with van der Waals surface area (Å²) in [5.74, 6) is 0. The molecule has 2 heteroatoms. The molecule has 9 aromatic rings. The van der Waals surface area contributed by atoms with Crippen LogP contribution in [0.25, 0.3) is 50.1 Å². The number of hydrogen-bond donors (Lipinski definition) is 0. The second kappa shape index (κ2) is 18.1. The number of rotatable bonds is 12. The molecule has 0 fully saturated rings. The molecule has 2 nitrogen and oxygen atoms in total. The second-order valence-electron chi connectivity index (χ2n) is 17.4. The number of anilines is 6. The van der Waals surface area contributed by atoms with Gasteiger partial charge in [-0.3, -0.25) is 0 Å². The Morgan fingerprint density at radius 3 is 1.26 bits per heavy atom. The molecule has 10 rings (SSSR count). The highest BCUT2D eigenvalue weighted by Gasteiger charge is 2.38. The number of hydrogen-bond acceptors (Lipinski definition) is 2. The van der Waals surface area contributed by atoms with Crippen molar-refractivity contribution in [1.82, 2.24) is 0 Å². The van der Waals surface area contributed by atoms with Crippen molar-refractivity contribution in [3.05, 3.63) is 272 Å². The molecule has 0 unspecified atom stereocenters. The van der Waals surface area contributed by atoms with Gasteiger partial charge in [0, 0.05) is 33.9 Å². The van der Waals surface area contributed by atoms with E-state index >= 15 is 0 Å². The van der Waals surface area contributed by atoms with Gasteiger partial charge < -0.3 is 9.80 Å². The first-order chi connectivity index (χ1) is 32.4. The zero-order chi connectivity index (χ0) is 45.0. The van der Waals surface area contributed by atoms with Crippen LogP contribution < -0.4 is 9.80 Å². The predicted molar refractivity (Wildman–Crippen MR) is 283 cm³/mol. The standard InChI is InChI=1S/C64H52N2/c1-5-6-9-17-46(2)47-26-36-54(37-27-47)65(55-38-28-50(29-39-55)48-18-10-7-11-19-48)56-40-30-52(31-41-56)53-34-44-58(45-35-53)66(57-42-32-51(33-43-57)49-20-12-8-13-21-49)62-25-16-23-60-59-22-14-15-24-61(59)64(3,4)63(60)62/h5-45H,2H2,1,3-4H3/b6-5-,17-9-. The molecule has 66 heavy (non-hydrogen) atoms. The topological polar surface area (TPSA) is 6.48 Å². The van der Waals surface area contributed by atoms with Gasteiger partial charge in [-0.15, -0.1) is 0 Å². The minimum absolute atomic E-state index is 0.176. The molecule has 0 bridgehead atoms. The number of benzene rings is 9. The van der Waals surface area contributed by atoms with E-state index in [4.69, 9.17) is 0 Å². The third kappa shape index (κ3) is 8.10. The summed E-state index contributed by atoms with van der Waals surface area (Å²) < 4.78 is 0. The van der Waals surface area contributed by atoms with E-state index in [9.17, 15) is 0 Å². The Morgan fingerprint density at radius 1 is 0.394 bits per heavy atom. The zero-order valence-corrected chi connectivity index (χ0v) is 37.8. The molecule has 0 heterocycles. The van der Waals surface area contributed by atoms with E-state index in [1.807, 2.05) is 25.2 Å². The number of fused-ring (bicyclic) bond motifs is 3. The maximum Gasteiger partial charge on any atom is 0.0508 e. The predicted octanol–water partition coefficient (Wildman–Crippen LogP) is 18.1. The number of nitrogens with zero attached hydrogens (tertiary/aromatic N) is 2. The fourth-order valence-electron chi connectivity index (χ4n) is 9.56. The second-order valence-corrected chi connectivity index (χ2v) is 17.4. The van der Waals surface area contributed by atoms with Crippen molar-refractivity contribution in [2.75, 3.05) is 9.80 Å². The Morgan fingerprint density at radius 2 is 0.788 bits per heavy atom. The van der Waals surface area contributed by atoms with Gasteiger partial charge in [0.15, 0.2) is 0 Å². The molecular weight excluding hydrogens is 797 g/mol. The lowest BCUT2D eigenvalue weighted by atomic mass is 9.81. The van der Waals surface area contributed by atoms with Gasteiger partial charge in [0.05, 0.1) is 5.69 Å². The van der Waals surface area contributed by atoms with Crippen LogP contribution in [-0.2, 0) is 5.41 Å². The van der Waals surface area contributed by atoms with Gasteiger partial charge in [0.2, 0.25) is 0 Å². The zero-order valence-electron chi connectivity index (χ0n) is 37.8. The molecule has 1 aliphatic carbocycles. The Hall–Kier alpha value is -8.20. The summed E-state index contributed by atoms with van der Waals surface area (Å²) in [6.07, 6.45) is 8.12. The lowest BCUT2D eigenvalue weighted by Crippen LogP contribution is -2.20. The molecule has 0 spiro atoms. The van der Waals surface area contributed by atoms with Crippen molar-refractivity contribution in [2.45, 2.75) is 26.2 Å². The molecule has 0 atom stereocenters. The molecule has 9 aromatic carbocycles. The first-order valence-electron chi connectivity index (χ1n) is 22.8. The maximum atomic E-state index is 4.31. The maximum absolute atomic E-state index is 4.31. The van der Waals surface area contributed by atoms with Crippen LogP contribution in [0.2, 0.25) is 0 Å². The van der Waals surface area contributed by atoms with Crippen LogP contribution in [0.4, 0.5) is 34.1 Å². The Balaban J connectivity index is 0.995. The van der Waals surface area contributed by atoms with Crippen molar-refractivity contribution >= 4 is 39.7 Å². The fourth-order valence-corrected chi connectivity index (χ4v) is 9.56. The van der Waals surface area contributed by atoms with Crippen LogP contribution in [-0.4, -0.2) is 0 Å². The van der Waals surface area contributed by atoms with Crippen molar-refractivity contribution in [3.8, 4) is 44.5 Å². The highest BCUT2D eigenvalue weighted by Crippen LogP contribution is 2.54.